The Balaban J connectivity index is 2.31. The maximum atomic E-state index is 13.5. The summed E-state index contributed by atoms with van der Waals surface area (Å²) in [6, 6.07) is 1.63. The Labute approximate surface area is 211 Å². The minimum Gasteiger partial charge on any atom is -0.492 e. The van der Waals surface area contributed by atoms with Gasteiger partial charge >= 0.3 is 13.6 Å². The lowest BCUT2D eigenvalue weighted by molar-refractivity contribution is -0.156. The van der Waals surface area contributed by atoms with Gasteiger partial charge in [-0.3, -0.25) is 9.36 Å². The van der Waals surface area contributed by atoms with Gasteiger partial charge in [-0.15, -0.1) is 0 Å². The zero-order valence-corrected chi connectivity index (χ0v) is 22.9. The molecule has 0 bridgehead atoms. The topological polar surface area (TPSA) is 123 Å². The van der Waals surface area contributed by atoms with Crippen molar-refractivity contribution in [2.24, 2.45) is 0 Å². The van der Waals surface area contributed by atoms with E-state index in [2.05, 4.69) is 22.0 Å². The van der Waals surface area contributed by atoms with E-state index >= 15 is 0 Å². The Bertz CT molecular complexity index is 1000. The van der Waals surface area contributed by atoms with Gasteiger partial charge < -0.3 is 23.0 Å². The molecule has 10 nitrogen and oxygen atoms in total. The molecule has 0 saturated carbocycles. The SMILES string of the molecule is CCCCOc1cnc(-c2noc(CC(C(=O)OC(C)(C)CC)P(=O)(OCC)OCC)n2)c(Cl)c1. The Kier molecular flexibility index (Phi) is 11.1. The Morgan fingerprint density at radius 2 is 1.89 bits per heavy atom. The molecule has 2 aromatic rings. The molecule has 2 rings (SSSR count). The van der Waals surface area contributed by atoms with Gasteiger partial charge in [0.1, 0.15) is 17.0 Å². The molecule has 1 unspecified atom stereocenters. The van der Waals surface area contributed by atoms with Crippen molar-refractivity contribution in [3.63, 3.8) is 0 Å². The highest BCUT2D eigenvalue weighted by atomic mass is 35.5. The smallest absolute Gasteiger partial charge is 0.345 e. The van der Waals surface area contributed by atoms with E-state index in [4.69, 9.17) is 34.6 Å². The fourth-order valence-corrected chi connectivity index (χ4v) is 5.00. The molecule has 0 aliphatic rings. The van der Waals surface area contributed by atoms with Gasteiger partial charge in [0.05, 0.1) is 37.5 Å². The van der Waals surface area contributed by atoms with Crippen LogP contribution in [-0.2, 0) is 29.6 Å². The number of aromatic nitrogens is 3. The van der Waals surface area contributed by atoms with E-state index in [-0.39, 0.29) is 42.1 Å². The maximum absolute atomic E-state index is 13.5. The first-order chi connectivity index (χ1) is 16.6. The summed E-state index contributed by atoms with van der Waals surface area (Å²) < 4.78 is 41.0. The molecule has 0 aliphatic heterocycles. The molecular formula is C23H35ClN3O7P. The number of nitrogens with zero attached hydrogens (tertiary/aromatic N) is 3. The molecule has 0 N–H and O–H groups in total. The largest absolute Gasteiger partial charge is 0.492 e. The molecule has 0 aromatic carbocycles. The van der Waals surface area contributed by atoms with Gasteiger partial charge in [-0.1, -0.05) is 37.0 Å². The second-order valence-electron chi connectivity index (χ2n) is 8.34. The van der Waals surface area contributed by atoms with Crippen LogP contribution in [0, 0.1) is 0 Å². The van der Waals surface area contributed by atoms with Crippen LogP contribution in [0.3, 0.4) is 0 Å². The molecule has 0 aliphatic carbocycles. The predicted octanol–water partition coefficient (Wildman–Crippen LogP) is 5.87. The summed E-state index contributed by atoms with van der Waals surface area (Å²) >= 11 is 6.36. The highest BCUT2D eigenvalue weighted by Gasteiger charge is 2.45. The van der Waals surface area contributed by atoms with Gasteiger partial charge in [0.15, 0.2) is 5.66 Å². The first-order valence-corrected chi connectivity index (χ1v) is 13.8. The molecule has 0 spiro atoms. The highest BCUT2D eigenvalue weighted by Crippen LogP contribution is 2.54. The molecule has 0 fully saturated rings. The van der Waals surface area contributed by atoms with Crippen molar-refractivity contribution in [2.45, 2.75) is 78.5 Å². The van der Waals surface area contributed by atoms with E-state index in [0.717, 1.165) is 12.8 Å². The third-order valence-corrected chi connectivity index (χ3v) is 7.81. The summed E-state index contributed by atoms with van der Waals surface area (Å²) in [6.07, 6.45) is 3.80. The molecule has 2 heterocycles. The van der Waals surface area contributed by atoms with Crippen molar-refractivity contribution in [1.82, 2.24) is 15.1 Å². The van der Waals surface area contributed by atoms with Crippen molar-refractivity contribution in [3.8, 4) is 17.3 Å². The number of ether oxygens (including phenoxy) is 2. The van der Waals surface area contributed by atoms with Crippen LogP contribution in [0.4, 0.5) is 0 Å². The molecule has 2 aromatic heterocycles. The van der Waals surface area contributed by atoms with Crippen LogP contribution in [-0.4, -0.2) is 52.2 Å². The lowest BCUT2D eigenvalue weighted by atomic mass is 10.1. The molecular weight excluding hydrogens is 497 g/mol. The Morgan fingerprint density at radius 3 is 2.46 bits per heavy atom. The summed E-state index contributed by atoms with van der Waals surface area (Å²) in [5, 5.41) is 4.21. The lowest BCUT2D eigenvalue weighted by Crippen LogP contribution is -2.35. The number of hydrogen-bond acceptors (Lipinski definition) is 10. The van der Waals surface area contributed by atoms with Gasteiger partial charge in [-0.2, -0.15) is 4.98 Å². The van der Waals surface area contributed by atoms with E-state index in [1.54, 1.807) is 33.8 Å². The molecule has 1 atom stereocenters. The number of carbonyl (C=O) groups is 1. The molecule has 35 heavy (non-hydrogen) atoms. The average molecular weight is 532 g/mol. The van der Waals surface area contributed by atoms with Gasteiger partial charge in [0, 0.05) is 6.07 Å². The Morgan fingerprint density at radius 1 is 1.20 bits per heavy atom. The fraction of sp³-hybridized carbons (Fsp3) is 0.652. The Hall–Kier alpha value is -2.00. The standard InChI is InChI=1S/C23H35ClN3O7P/c1-7-11-12-30-16-13-17(24)20(25-15-16)21-26-19(34-27-21)14-18(22(28)33-23(5,6)8-2)35(29,31-9-3)32-10-4/h13,15,18H,7-12,14H2,1-6H3. The number of unbranched alkanes of at least 4 members (excludes halogenated alkanes) is 1. The van der Waals surface area contributed by atoms with Crippen molar-refractivity contribution in [1.29, 1.82) is 0 Å². The second kappa shape index (κ2) is 13.3. The summed E-state index contributed by atoms with van der Waals surface area (Å²) in [5.74, 6) is -0.0380. The molecule has 12 heteroatoms. The lowest BCUT2D eigenvalue weighted by Gasteiger charge is -2.29. The van der Waals surface area contributed by atoms with Crippen LogP contribution in [0.1, 0.15) is 66.7 Å². The zero-order valence-electron chi connectivity index (χ0n) is 21.2. The number of rotatable bonds is 15. The van der Waals surface area contributed by atoms with Gasteiger partial charge in [0.2, 0.25) is 11.7 Å². The minimum absolute atomic E-state index is 0.0389. The summed E-state index contributed by atoms with van der Waals surface area (Å²) in [5.41, 5.74) is -1.77. The van der Waals surface area contributed by atoms with Crippen LogP contribution >= 0.6 is 19.2 Å². The number of pyridine rings is 1. The zero-order chi connectivity index (χ0) is 26.1. The minimum atomic E-state index is -3.90. The average Bonchev–Trinajstić information content (AvgIpc) is 3.26. The monoisotopic (exact) mass is 531 g/mol. The summed E-state index contributed by atoms with van der Waals surface area (Å²) in [6.45, 7) is 11.5. The van der Waals surface area contributed by atoms with E-state index in [1.807, 2.05) is 6.92 Å². The first-order valence-electron chi connectivity index (χ1n) is 11.8. The summed E-state index contributed by atoms with van der Waals surface area (Å²) in [7, 11) is -3.90. The van der Waals surface area contributed by atoms with Gasteiger partial charge in [0.25, 0.3) is 0 Å². The third kappa shape index (κ3) is 8.27. The van der Waals surface area contributed by atoms with Crippen molar-refractivity contribution in [2.75, 3.05) is 19.8 Å². The molecule has 0 saturated heterocycles. The van der Waals surface area contributed by atoms with E-state index in [9.17, 15) is 9.36 Å². The third-order valence-electron chi connectivity index (χ3n) is 5.13. The predicted molar refractivity (Wildman–Crippen MR) is 132 cm³/mol. The maximum Gasteiger partial charge on any atom is 0.345 e. The van der Waals surface area contributed by atoms with Crippen LogP contribution in [0.25, 0.3) is 11.5 Å². The molecule has 0 amide bonds. The van der Waals surface area contributed by atoms with Crippen LogP contribution in [0.5, 0.6) is 5.75 Å². The summed E-state index contributed by atoms with van der Waals surface area (Å²) in [4.78, 5) is 21.7. The van der Waals surface area contributed by atoms with Crippen LogP contribution < -0.4 is 4.74 Å². The van der Waals surface area contributed by atoms with Gasteiger partial charge in [-0.25, -0.2) is 4.98 Å². The van der Waals surface area contributed by atoms with E-state index in [0.29, 0.717) is 18.8 Å². The first kappa shape index (κ1) is 29.2. The normalized spacial score (nSPS) is 13.0. The fourth-order valence-electron chi connectivity index (χ4n) is 2.91. The van der Waals surface area contributed by atoms with E-state index < -0.39 is 24.8 Å². The second-order valence-corrected chi connectivity index (χ2v) is 11.0. The highest BCUT2D eigenvalue weighted by molar-refractivity contribution is 7.55. The van der Waals surface area contributed by atoms with E-state index in [1.165, 1.54) is 6.20 Å². The van der Waals surface area contributed by atoms with Crippen molar-refractivity contribution in [3.05, 3.63) is 23.2 Å². The molecule has 0 radical (unpaired) electrons. The number of esters is 1. The number of hydrogen-bond donors (Lipinski definition) is 0. The molecule has 196 valence electrons. The van der Waals surface area contributed by atoms with Crippen molar-refractivity contribution < 1.29 is 32.4 Å². The quantitative estimate of drug-likeness (QED) is 0.156. The number of halogens is 1. The number of carbonyl (C=O) groups excluding carboxylic acids is 1. The van der Waals surface area contributed by atoms with Crippen LogP contribution in [0.2, 0.25) is 5.02 Å². The van der Waals surface area contributed by atoms with Gasteiger partial charge in [-0.05, 0) is 40.5 Å². The van der Waals surface area contributed by atoms with Crippen molar-refractivity contribution >= 4 is 25.2 Å². The van der Waals surface area contributed by atoms with Crippen LogP contribution in [0.15, 0.2) is 16.8 Å².